The first-order valence-electron chi connectivity index (χ1n) is 12.5. The Kier molecular flexibility index (Phi) is 7.55. The topological polar surface area (TPSA) is 69.6 Å². The predicted molar refractivity (Wildman–Crippen MR) is 139 cm³/mol. The highest BCUT2D eigenvalue weighted by atomic mass is 32.1. The van der Waals surface area contributed by atoms with Gasteiger partial charge in [0.05, 0.1) is 17.5 Å². The standard InChI is InChI=1S/C27H30FN5O2S/c28-22-7-3-2-6-21(22)17-26(35)32-14-12-31(13-15-32)25-9-8-20(18-29-25)16-23(34)24-19-30-27(36-24)33-10-4-1-5-11-33/h2-3,6-9,18-19H,1,4-5,10-17H2. The molecule has 0 atom stereocenters. The summed E-state index contributed by atoms with van der Waals surface area (Å²) in [6.45, 7) is 4.49. The molecule has 188 valence electrons. The summed E-state index contributed by atoms with van der Waals surface area (Å²) in [7, 11) is 0. The van der Waals surface area contributed by atoms with Crippen LogP contribution in [0.15, 0.2) is 48.8 Å². The van der Waals surface area contributed by atoms with Gasteiger partial charge in [0.2, 0.25) is 5.91 Å². The summed E-state index contributed by atoms with van der Waals surface area (Å²) >= 11 is 1.48. The van der Waals surface area contributed by atoms with Crippen LogP contribution in [0, 0.1) is 5.82 Å². The van der Waals surface area contributed by atoms with Crippen molar-refractivity contribution in [2.75, 3.05) is 49.1 Å². The first-order valence-corrected chi connectivity index (χ1v) is 13.3. The summed E-state index contributed by atoms with van der Waals surface area (Å²) in [6.07, 6.45) is 7.46. The van der Waals surface area contributed by atoms with Gasteiger partial charge in [-0.05, 0) is 42.5 Å². The number of Topliss-reactive ketones (excluding diaryl/α,β-unsaturated/α-hetero) is 1. The van der Waals surface area contributed by atoms with Gasteiger partial charge in [-0.2, -0.15) is 0 Å². The fraction of sp³-hybridized carbons (Fsp3) is 0.407. The zero-order valence-corrected chi connectivity index (χ0v) is 21.1. The van der Waals surface area contributed by atoms with Crippen molar-refractivity contribution in [2.24, 2.45) is 0 Å². The lowest BCUT2D eigenvalue weighted by Crippen LogP contribution is -2.49. The Balaban J connectivity index is 1.12. The lowest BCUT2D eigenvalue weighted by atomic mass is 10.1. The van der Waals surface area contributed by atoms with E-state index in [2.05, 4.69) is 19.8 Å². The number of hydrogen-bond donors (Lipinski definition) is 0. The van der Waals surface area contributed by atoms with E-state index < -0.39 is 0 Å². The lowest BCUT2D eigenvalue weighted by Gasteiger charge is -2.35. The van der Waals surface area contributed by atoms with Crippen LogP contribution in [-0.4, -0.2) is 65.8 Å². The van der Waals surface area contributed by atoms with Crippen LogP contribution >= 0.6 is 11.3 Å². The molecule has 0 N–H and O–H groups in total. The normalized spacial score (nSPS) is 16.3. The summed E-state index contributed by atoms with van der Waals surface area (Å²) in [5.74, 6) is 0.489. The van der Waals surface area contributed by atoms with E-state index in [1.54, 1.807) is 35.5 Å². The summed E-state index contributed by atoms with van der Waals surface area (Å²) in [5, 5.41) is 0.943. The molecule has 2 aromatic heterocycles. The molecule has 36 heavy (non-hydrogen) atoms. The van der Waals surface area contributed by atoms with Crippen molar-refractivity contribution in [1.82, 2.24) is 14.9 Å². The second kappa shape index (κ2) is 11.2. The van der Waals surface area contributed by atoms with Crippen molar-refractivity contribution in [3.05, 3.63) is 70.6 Å². The molecule has 5 rings (SSSR count). The van der Waals surface area contributed by atoms with Crippen molar-refractivity contribution >= 4 is 34.0 Å². The van der Waals surface area contributed by atoms with E-state index in [-0.39, 0.29) is 23.9 Å². The Hall–Kier alpha value is -3.33. The lowest BCUT2D eigenvalue weighted by molar-refractivity contribution is -0.130. The van der Waals surface area contributed by atoms with E-state index in [1.807, 2.05) is 12.1 Å². The summed E-state index contributed by atoms with van der Waals surface area (Å²) in [6, 6.07) is 10.3. The smallest absolute Gasteiger partial charge is 0.227 e. The maximum Gasteiger partial charge on any atom is 0.227 e. The molecule has 2 aliphatic heterocycles. The van der Waals surface area contributed by atoms with Crippen LogP contribution in [0.4, 0.5) is 15.3 Å². The van der Waals surface area contributed by atoms with E-state index in [0.717, 1.165) is 29.6 Å². The van der Waals surface area contributed by atoms with E-state index in [1.165, 1.54) is 36.7 Å². The van der Waals surface area contributed by atoms with Gasteiger partial charge in [0.1, 0.15) is 11.6 Å². The molecule has 1 amide bonds. The molecule has 1 aromatic carbocycles. The molecule has 0 spiro atoms. The quantitative estimate of drug-likeness (QED) is 0.451. The number of anilines is 2. The van der Waals surface area contributed by atoms with Gasteiger partial charge in [0.15, 0.2) is 10.9 Å². The number of pyridine rings is 1. The maximum atomic E-state index is 13.9. The summed E-state index contributed by atoms with van der Waals surface area (Å²) in [5.41, 5.74) is 1.30. The number of carbonyl (C=O) groups is 2. The van der Waals surface area contributed by atoms with E-state index in [4.69, 9.17) is 0 Å². The van der Waals surface area contributed by atoms with Gasteiger partial charge in [-0.1, -0.05) is 35.6 Å². The average molecular weight is 508 g/mol. The molecule has 3 aromatic rings. The molecular formula is C27H30FN5O2S. The van der Waals surface area contributed by atoms with E-state index in [9.17, 15) is 14.0 Å². The number of nitrogens with zero attached hydrogens (tertiary/aromatic N) is 5. The number of carbonyl (C=O) groups excluding carboxylic acids is 2. The van der Waals surface area contributed by atoms with Crippen molar-refractivity contribution in [2.45, 2.75) is 32.1 Å². The number of aromatic nitrogens is 2. The fourth-order valence-corrected chi connectivity index (χ4v) is 5.61. The molecule has 0 bridgehead atoms. The second-order valence-corrected chi connectivity index (χ2v) is 10.3. The van der Waals surface area contributed by atoms with Gasteiger partial charge in [-0.15, -0.1) is 0 Å². The second-order valence-electron chi connectivity index (χ2n) is 9.32. The highest BCUT2D eigenvalue weighted by Crippen LogP contribution is 2.26. The monoisotopic (exact) mass is 507 g/mol. The molecule has 0 unspecified atom stereocenters. The number of piperidine rings is 1. The maximum absolute atomic E-state index is 13.9. The average Bonchev–Trinajstić information content (AvgIpc) is 3.42. The van der Waals surface area contributed by atoms with Crippen LogP contribution in [-0.2, 0) is 17.6 Å². The Morgan fingerprint density at radius 2 is 1.61 bits per heavy atom. The molecule has 4 heterocycles. The molecule has 2 saturated heterocycles. The van der Waals surface area contributed by atoms with Crippen molar-refractivity contribution in [3.63, 3.8) is 0 Å². The zero-order valence-electron chi connectivity index (χ0n) is 20.2. The molecule has 9 heteroatoms. The zero-order chi connectivity index (χ0) is 24.9. The highest BCUT2D eigenvalue weighted by Gasteiger charge is 2.23. The molecule has 0 radical (unpaired) electrons. The van der Waals surface area contributed by atoms with Crippen LogP contribution in [0.25, 0.3) is 0 Å². The minimum Gasteiger partial charge on any atom is -0.353 e. The first kappa shape index (κ1) is 24.4. The molecular weight excluding hydrogens is 477 g/mol. The Labute approximate surface area is 214 Å². The molecule has 0 saturated carbocycles. The highest BCUT2D eigenvalue weighted by molar-refractivity contribution is 7.17. The summed E-state index contributed by atoms with van der Waals surface area (Å²) < 4.78 is 13.9. The van der Waals surface area contributed by atoms with Gasteiger partial charge in [-0.25, -0.2) is 14.4 Å². The van der Waals surface area contributed by atoms with Gasteiger partial charge in [0, 0.05) is 51.9 Å². The number of piperazine rings is 1. The number of amides is 1. The third-order valence-corrected chi connectivity index (χ3v) is 7.92. The third kappa shape index (κ3) is 5.73. The van der Waals surface area contributed by atoms with Gasteiger partial charge < -0.3 is 14.7 Å². The van der Waals surface area contributed by atoms with Gasteiger partial charge in [0.25, 0.3) is 0 Å². The van der Waals surface area contributed by atoms with Crippen LogP contribution in [0.1, 0.15) is 40.1 Å². The van der Waals surface area contributed by atoms with E-state index in [0.29, 0.717) is 43.0 Å². The first-order chi connectivity index (χ1) is 17.6. The SMILES string of the molecule is O=C(Cc1ccc(N2CCN(C(=O)Cc3ccccc3F)CC2)nc1)c1cnc(N2CCCCC2)s1. The third-order valence-electron chi connectivity index (χ3n) is 6.82. The molecule has 0 aliphatic carbocycles. The van der Waals surface area contributed by atoms with Crippen molar-refractivity contribution < 1.29 is 14.0 Å². The van der Waals surface area contributed by atoms with E-state index >= 15 is 0 Å². The number of rotatable bonds is 7. The van der Waals surface area contributed by atoms with Crippen LogP contribution in [0.3, 0.4) is 0 Å². The number of hydrogen-bond acceptors (Lipinski definition) is 7. The Morgan fingerprint density at radius 1 is 0.833 bits per heavy atom. The Morgan fingerprint density at radius 3 is 2.33 bits per heavy atom. The van der Waals surface area contributed by atoms with Crippen LogP contribution in [0.2, 0.25) is 0 Å². The van der Waals surface area contributed by atoms with Crippen LogP contribution in [0.5, 0.6) is 0 Å². The van der Waals surface area contributed by atoms with Crippen molar-refractivity contribution in [3.8, 4) is 0 Å². The fourth-order valence-electron chi connectivity index (χ4n) is 4.71. The minimum absolute atomic E-state index is 0.0620. The molecule has 7 nitrogen and oxygen atoms in total. The largest absolute Gasteiger partial charge is 0.353 e. The Bertz CT molecular complexity index is 1200. The number of ketones is 1. The number of halogens is 1. The van der Waals surface area contributed by atoms with Crippen molar-refractivity contribution in [1.29, 1.82) is 0 Å². The van der Waals surface area contributed by atoms with Gasteiger partial charge >= 0.3 is 0 Å². The predicted octanol–water partition coefficient (Wildman–Crippen LogP) is 3.98. The molecule has 2 fully saturated rings. The number of benzene rings is 1. The summed E-state index contributed by atoms with van der Waals surface area (Å²) in [4.78, 5) is 41.3. The van der Waals surface area contributed by atoms with Gasteiger partial charge in [-0.3, -0.25) is 9.59 Å². The van der Waals surface area contributed by atoms with Crippen LogP contribution < -0.4 is 9.80 Å². The number of thiazole rings is 1. The molecule has 2 aliphatic rings. The minimum atomic E-state index is -0.343.